The zero-order chi connectivity index (χ0) is 20.9. The molecular weight excluding hydrogens is 496 g/mol. The molecule has 0 aliphatic rings. The summed E-state index contributed by atoms with van der Waals surface area (Å²) in [7, 11) is -3.94. The first-order chi connectivity index (χ1) is 13.9. The molecule has 0 aliphatic heterocycles. The van der Waals surface area contributed by atoms with Crippen LogP contribution >= 0.6 is 39.0 Å². The van der Waals surface area contributed by atoms with Crippen LogP contribution in [0.15, 0.2) is 68.3 Å². The van der Waals surface area contributed by atoms with Gasteiger partial charge in [0, 0.05) is 4.47 Å². The number of hydrogen-bond acceptors (Lipinski definition) is 7. The van der Waals surface area contributed by atoms with E-state index in [0.29, 0.717) is 10.8 Å². The number of hydrogen-bond donors (Lipinski definition) is 1. The number of carbonyl (C=O) groups excluding carboxylic acids is 1. The van der Waals surface area contributed by atoms with Gasteiger partial charge in [0.1, 0.15) is 6.54 Å². The van der Waals surface area contributed by atoms with Crippen LogP contribution in [0.4, 0.5) is 10.8 Å². The molecule has 0 spiro atoms. The molecule has 29 heavy (non-hydrogen) atoms. The summed E-state index contributed by atoms with van der Waals surface area (Å²) in [6.45, 7) is 1.60. The number of thioether (sulfide) groups is 1. The highest BCUT2D eigenvalue weighted by Crippen LogP contribution is 2.27. The minimum atomic E-state index is -3.94. The Morgan fingerprint density at radius 2 is 1.83 bits per heavy atom. The lowest BCUT2D eigenvalue weighted by atomic mass is 10.3. The smallest absolute Gasteiger partial charge is 0.264 e. The third-order valence-electron chi connectivity index (χ3n) is 3.65. The predicted molar refractivity (Wildman–Crippen MR) is 120 cm³/mol. The number of benzene rings is 2. The van der Waals surface area contributed by atoms with Crippen molar-refractivity contribution in [3.8, 4) is 0 Å². The summed E-state index contributed by atoms with van der Waals surface area (Å²) in [6.07, 6.45) is 0. The van der Waals surface area contributed by atoms with Crippen LogP contribution in [0.5, 0.6) is 0 Å². The lowest BCUT2D eigenvalue weighted by Gasteiger charge is -2.24. The fourth-order valence-corrected chi connectivity index (χ4v) is 5.74. The van der Waals surface area contributed by atoms with Crippen LogP contribution in [0, 0.1) is 0 Å². The molecule has 0 radical (unpaired) electrons. The van der Waals surface area contributed by atoms with Crippen LogP contribution in [0.25, 0.3) is 0 Å². The molecule has 11 heteroatoms. The van der Waals surface area contributed by atoms with Crippen molar-refractivity contribution < 1.29 is 13.2 Å². The van der Waals surface area contributed by atoms with E-state index in [0.717, 1.165) is 18.9 Å². The summed E-state index contributed by atoms with van der Waals surface area (Å²) < 4.78 is 29.0. The molecule has 152 valence electrons. The van der Waals surface area contributed by atoms with E-state index < -0.39 is 22.5 Å². The lowest BCUT2D eigenvalue weighted by molar-refractivity contribution is -0.114. The van der Waals surface area contributed by atoms with Crippen LogP contribution in [0.1, 0.15) is 6.92 Å². The Hall–Kier alpha value is -1.95. The molecule has 3 aromatic rings. The van der Waals surface area contributed by atoms with Crippen LogP contribution in [0.2, 0.25) is 0 Å². The fraction of sp³-hybridized carbons (Fsp3) is 0.167. The van der Waals surface area contributed by atoms with E-state index in [9.17, 15) is 13.2 Å². The maximum atomic E-state index is 13.2. The van der Waals surface area contributed by atoms with Gasteiger partial charge in [-0.1, -0.05) is 64.2 Å². The van der Waals surface area contributed by atoms with E-state index in [-0.39, 0.29) is 4.90 Å². The average molecular weight is 513 g/mol. The summed E-state index contributed by atoms with van der Waals surface area (Å²) in [5.74, 6) is 0.339. The van der Waals surface area contributed by atoms with E-state index in [2.05, 4.69) is 31.4 Å². The number of nitrogens with zero attached hydrogens (tertiary/aromatic N) is 3. The molecule has 0 atom stereocenters. The molecular formula is C18H17BrN4O3S3. The second kappa shape index (κ2) is 9.70. The molecule has 1 amide bonds. The van der Waals surface area contributed by atoms with Gasteiger partial charge in [-0.05, 0) is 42.2 Å². The molecule has 0 bridgehead atoms. The standard InChI is InChI=1S/C18H17BrN4O3S3/c1-2-27-18-22-21-17(28-18)20-16(24)12-23(14-10-8-13(19)9-11-14)29(25,26)15-6-4-3-5-7-15/h3-11H,2,12H2,1H3,(H,20,21,24). The number of carbonyl (C=O) groups is 1. The summed E-state index contributed by atoms with van der Waals surface area (Å²) >= 11 is 6.11. The number of halogens is 1. The monoisotopic (exact) mass is 512 g/mol. The van der Waals surface area contributed by atoms with Gasteiger partial charge >= 0.3 is 0 Å². The van der Waals surface area contributed by atoms with Crippen molar-refractivity contribution in [3.05, 3.63) is 59.1 Å². The fourth-order valence-electron chi connectivity index (χ4n) is 2.37. The van der Waals surface area contributed by atoms with Gasteiger partial charge < -0.3 is 0 Å². The molecule has 7 nitrogen and oxygen atoms in total. The minimum Gasteiger partial charge on any atom is -0.299 e. The Bertz CT molecular complexity index is 1070. The third kappa shape index (κ3) is 5.56. The minimum absolute atomic E-state index is 0.105. The van der Waals surface area contributed by atoms with Crippen molar-refractivity contribution in [2.75, 3.05) is 21.9 Å². The van der Waals surface area contributed by atoms with Gasteiger partial charge in [0.25, 0.3) is 10.0 Å². The van der Waals surface area contributed by atoms with E-state index in [4.69, 9.17) is 0 Å². The van der Waals surface area contributed by atoms with Gasteiger partial charge in [0.05, 0.1) is 10.6 Å². The van der Waals surface area contributed by atoms with Crippen molar-refractivity contribution >= 4 is 65.8 Å². The van der Waals surface area contributed by atoms with E-state index in [1.165, 1.54) is 35.2 Å². The number of anilines is 2. The molecule has 3 rings (SSSR count). The third-order valence-corrected chi connectivity index (χ3v) is 7.82. The Balaban J connectivity index is 1.87. The first-order valence-electron chi connectivity index (χ1n) is 8.49. The Kier molecular flexibility index (Phi) is 7.28. The SMILES string of the molecule is CCSc1nnc(NC(=O)CN(c2ccc(Br)cc2)S(=O)(=O)c2ccccc2)s1. The van der Waals surface area contributed by atoms with Gasteiger partial charge in [0.2, 0.25) is 11.0 Å². The van der Waals surface area contributed by atoms with E-state index in [1.54, 1.807) is 42.5 Å². The number of sulfonamides is 1. The number of amides is 1. The van der Waals surface area contributed by atoms with Crippen LogP contribution in [-0.4, -0.2) is 36.8 Å². The number of rotatable bonds is 8. The van der Waals surface area contributed by atoms with E-state index in [1.807, 2.05) is 6.92 Å². The van der Waals surface area contributed by atoms with Gasteiger partial charge in [0.15, 0.2) is 4.34 Å². The second-order valence-electron chi connectivity index (χ2n) is 5.66. The molecule has 0 unspecified atom stereocenters. The Morgan fingerprint density at radius 1 is 1.14 bits per heavy atom. The molecule has 0 fully saturated rings. The second-order valence-corrected chi connectivity index (χ2v) is 10.9. The molecule has 2 aromatic carbocycles. The lowest BCUT2D eigenvalue weighted by Crippen LogP contribution is -2.38. The molecule has 1 N–H and O–H groups in total. The summed E-state index contributed by atoms with van der Waals surface area (Å²) in [5, 5.41) is 10.9. The highest BCUT2D eigenvalue weighted by molar-refractivity contribution is 9.10. The quantitative estimate of drug-likeness (QED) is 0.358. The largest absolute Gasteiger partial charge is 0.299 e. The Labute approximate surface area is 185 Å². The zero-order valence-corrected chi connectivity index (χ0v) is 19.3. The van der Waals surface area contributed by atoms with Crippen molar-refractivity contribution in [2.45, 2.75) is 16.2 Å². The van der Waals surface area contributed by atoms with Crippen LogP contribution in [0.3, 0.4) is 0 Å². The van der Waals surface area contributed by atoms with Crippen molar-refractivity contribution in [3.63, 3.8) is 0 Å². The highest BCUT2D eigenvalue weighted by Gasteiger charge is 2.27. The topological polar surface area (TPSA) is 92.3 Å². The summed E-state index contributed by atoms with van der Waals surface area (Å²) in [4.78, 5) is 12.7. The van der Waals surface area contributed by atoms with Crippen molar-refractivity contribution in [1.82, 2.24) is 10.2 Å². The number of nitrogens with one attached hydrogen (secondary N) is 1. The predicted octanol–water partition coefficient (Wildman–Crippen LogP) is 4.25. The first kappa shape index (κ1) is 21.8. The van der Waals surface area contributed by atoms with Gasteiger partial charge in [-0.15, -0.1) is 10.2 Å². The maximum Gasteiger partial charge on any atom is 0.264 e. The molecule has 0 aliphatic carbocycles. The molecule has 0 saturated heterocycles. The summed E-state index contributed by atoms with van der Waals surface area (Å²) in [6, 6.07) is 14.7. The molecule has 1 heterocycles. The van der Waals surface area contributed by atoms with Gasteiger partial charge in [-0.3, -0.25) is 14.4 Å². The van der Waals surface area contributed by atoms with E-state index >= 15 is 0 Å². The van der Waals surface area contributed by atoms with Gasteiger partial charge in [-0.2, -0.15) is 0 Å². The molecule has 1 aromatic heterocycles. The highest BCUT2D eigenvalue weighted by atomic mass is 79.9. The zero-order valence-electron chi connectivity index (χ0n) is 15.3. The van der Waals surface area contributed by atoms with Crippen LogP contribution in [-0.2, 0) is 14.8 Å². The van der Waals surface area contributed by atoms with Crippen molar-refractivity contribution in [1.29, 1.82) is 0 Å². The number of aromatic nitrogens is 2. The van der Waals surface area contributed by atoms with Crippen molar-refractivity contribution in [2.24, 2.45) is 0 Å². The maximum absolute atomic E-state index is 13.2. The van der Waals surface area contributed by atoms with Gasteiger partial charge in [-0.25, -0.2) is 8.42 Å². The normalized spacial score (nSPS) is 11.2. The summed E-state index contributed by atoms with van der Waals surface area (Å²) in [5.41, 5.74) is 0.381. The average Bonchev–Trinajstić information content (AvgIpc) is 3.14. The Morgan fingerprint density at radius 3 is 2.48 bits per heavy atom. The molecule has 0 saturated carbocycles. The van der Waals surface area contributed by atoms with Crippen LogP contribution < -0.4 is 9.62 Å². The first-order valence-corrected chi connectivity index (χ1v) is 12.5.